The Kier molecular flexibility index (Phi) is 4.10. The second-order valence-electron chi connectivity index (χ2n) is 3.77. The highest BCUT2D eigenvalue weighted by atomic mass is 35.5. The highest BCUT2D eigenvalue weighted by Crippen LogP contribution is 2.25. The van der Waals surface area contributed by atoms with Crippen molar-refractivity contribution in [2.24, 2.45) is 0 Å². The largest absolute Gasteiger partial charge is 0.430 e. The van der Waals surface area contributed by atoms with E-state index < -0.39 is 0 Å². The van der Waals surface area contributed by atoms with Gasteiger partial charge in [0.15, 0.2) is 4.47 Å². The molecule has 0 spiro atoms. The molecule has 0 atom stereocenters. The number of hydrogen-bond donors (Lipinski definition) is 1. The smallest absolute Gasteiger partial charge is 0.299 e. The van der Waals surface area contributed by atoms with Crippen molar-refractivity contribution < 1.29 is 4.74 Å². The number of aromatic nitrogens is 3. The molecule has 102 valence electrons. The molecule has 0 fully saturated rings. The molecule has 2 aromatic heterocycles. The highest BCUT2D eigenvalue weighted by Gasteiger charge is 2.03. The first-order chi connectivity index (χ1) is 9.79. The molecule has 0 aliphatic heterocycles. The summed E-state index contributed by atoms with van der Waals surface area (Å²) < 4.78 is 6.14. The number of anilines is 1. The molecule has 3 aromatic rings. The summed E-state index contributed by atoms with van der Waals surface area (Å²) in [5.74, 6) is 0.717. The lowest BCUT2D eigenvalue weighted by atomic mass is 10.3. The maximum absolute atomic E-state index is 5.79. The van der Waals surface area contributed by atoms with Gasteiger partial charge in [-0.15, -0.1) is 16.4 Å². The summed E-state index contributed by atoms with van der Waals surface area (Å²) in [6, 6.07) is 7.66. The van der Waals surface area contributed by atoms with E-state index in [1.807, 2.05) is 24.3 Å². The van der Waals surface area contributed by atoms with Crippen molar-refractivity contribution in [2.45, 2.75) is 6.54 Å². The average molecular weight is 325 g/mol. The monoisotopic (exact) mass is 324 g/mol. The van der Waals surface area contributed by atoms with Crippen molar-refractivity contribution in [1.29, 1.82) is 0 Å². The zero-order chi connectivity index (χ0) is 13.8. The summed E-state index contributed by atoms with van der Waals surface area (Å²) in [5, 5.41) is 11.4. The van der Waals surface area contributed by atoms with Crippen LogP contribution < -0.4 is 10.1 Å². The molecule has 1 aromatic carbocycles. The van der Waals surface area contributed by atoms with Crippen LogP contribution in [0.3, 0.4) is 0 Å². The first-order valence-corrected chi connectivity index (χ1v) is 7.75. The molecular weight excluding hydrogens is 316 g/mol. The van der Waals surface area contributed by atoms with Crippen LogP contribution >= 0.6 is 34.3 Å². The first-order valence-electron chi connectivity index (χ1n) is 5.68. The summed E-state index contributed by atoms with van der Waals surface area (Å²) >= 11 is 8.60. The molecular formula is C12H9ClN4OS2. The predicted molar refractivity (Wildman–Crippen MR) is 80.9 cm³/mol. The Balaban J connectivity index is 1.65. The number of benzene rings is 1. The Morgan fingerprint density at radius 3 is 3.05 bits per heavy atom. The van der Waals surface area contributed by atoms with Crippen molar-refractivity contribution in [2.75, 3.05) is 5.32 Å². The van der Waals surface area contributed by atoms with Gasteiger partial charge in [0, 0.05) is 22.8 Å². The van der Waals surface area contributed by atoms with E-state index in [1.165, 1.54) is 22.7 Å². The molecule has 0 radical (unpaired) electrons. The molecule has 8 heteroatoms. The van der Waals surface area contributed by atoms with E-state index in [0.29, 0.717) is 22.0 Å². The van der Waals surface area contributed by atoms with Gasteiger partial charge in [-0.2, -0.15) is 0 Å². The van der Waals surface area contributed by atoms with Gasteiger partial charge in [0.05, 0.1) is 6.54 Å². The summed E-state index contributed by atoms with van der Waals surface area (Å²) in [5.41, 5.74) is 2.59. The Morgan fingerprint density at radius 1 is 1.35 bits per heavy atom. The van der Waals surface area contributed by atoms with Crippen LogP contribution in [0.25, 0.3) is 0 Å². The predicted octanol–water partition coefficient (Wildman–Crippen LogP) is 4.05. The SMILES string of the molecule is Clc1ncc(CNc2cccc(Oc3nncs3)c2)s1. The fourth-order valence-electron chi connectivity index (χ4n) is 1.53. The van der Waals surface area contributed by atoms with Crippen LogP contribution in [0, 0.1) is 0 Å². The number of thiazole rings is 1. The lowest BCUT2D eigenvalue weighted by Crippen LogP contribution is -1.97. The molecule has 0 amide bonds. The van der Waals surface area contributed by atoms with Gasteiger partial charge in [-0.25, -0.2) is 4.98 Å². The fraction of sp³-hybridized carbons (Fsp3) is 0.0833. The lowest BCUT2D eigenvalue weighted by molar-refractivity contribution is 0.473. The zero-order valence-corrected chi connectivity index (χ0v) is 12.5. The molecule has 5 nitrogen and oxygen atoms in total. The Bertz CT molecular complexity index is 686. The van der Waals surface area contributed by atoms with E-state index in [4.69, 9.17) is 16.3 Å². The van der Waals surface area contributed by atoms with Crippen LogP contribution in [0.1, 0.15) is 4.88 Å². The molecule has 2 heterocycles. The number of nitrogens with zero attached hydrogens (tertiary/aromatic N) is 3. The maximum Gasteiger partial charge on any atom is 0.299 e. The van der Waals surface area contributed by atoms with Crippen molar-refractivity contribution in [3.8, 4) is 10.9 Å². The molecule has 0 aliphatic rings. The van der Waals surface area contributed by atoms with E-state index in [1.54, 1.807) is 11.7 Å². The normalized spacial score (nSPS) is 10.4. The summed E-state index contributed by atoms with van der Waals surface area (Å²) in [6.07, 6.45) is 1.77. The second-order valence-corrected chi connectivity index (χ2v) is 6.26. The highest BCUT2D eigenvalue weighted by molar-refractivity contribution is 7.15. The maximum atomic E-state index is 5.79. The van der Waals surface area contributed by atoms with Gasteiger partial charge < -0.3 is 10.1 Å². The van der Waals surface area contributed by atoms with E-state index in [0.717, 1.165) is 10.6 Å². The molecule has 0 bridgehead atoms. The quantitative estimate of drug-likeness (QED) is 0.767. The first kappa shape index (κ1) is 13.3. The topological polar surface area (TPSA) is 59.9 Å². The van der Waals surface area contributed by atoms with Crippen molar-refractivity contribution in [3.63, 3.8) is 0 Å². The summed E-state index contributed by atoms with van der Waals surface area (Å²) in [6.45, 7) is 0.673. The Labute approximate surface area is 128 Å². The third kappa shape index (κ3) is 3.44. The standard InChI is InChI=1S/C12H9ClN4OS2/c13-11-15-6-10(20-11)5-14-8-2-1-3-9(4-8)18-12-17-16-7-19-12/h1-4,6-7,14H,5H2. The van der Waals surface area contributed by atoms with Gasteiger partial charge in [0.25, 0.3) is 5.19 Å². The van der Waals surface area contributed by atoms with Gasteiger partial charge in [-0.1, -0.05) is 34.1 Å². The van der Waals surface area contributed by atoms with E-state index in [-0.39, 0.29) is 0 Å². The molecule has 3 rings (SSSR count). The van der Waals surface area contributed by atoms with Gasteiger partial charge in [-0.05, 0) is 12.1 Å². The third-order valence-electron chi connectivity index (χ3n) is 2.37. The molecule has 20 heavy (non-hydrogen) atoms. The minimum Gasteiger partial charge on any atom is -0.430 e. The number of halogens is 1. The summed E-state index contributed by atoms with van der Waals surface area (Å²) in [4.78, 5) is 5.08. The van der Waals surface area contributed by atoms with Gasteiger partial charge in [0.2, 0.25) is 0 Å². The number of rotatable bonds is 5. The molecule has 0 saturated carbocycles. The Morgan fingerprint density at radius 2 is 2.30 bits per heavy atom. The fourth-order valence-corrected chi connectivity index (χ4v) is 2.87. The van der Waals surface area contributed by atoms with Crippen molar-refractivity contribution in [3.05, 3.63) is 45.3 Å². The van der Waals surface area contributed by atoms with Gasteiger partial charge in [0.1, 0.15) is 11.3 Å². The van der Waals surface area contributed by atoms with E-state index in [9.17, 15) is 0 Å². The average Bonchev–Trinajstić information content (AvgIpc) is 3.09. The van der Waals surface area contributed by atoms with Crippen molar-refractivity contribution >= 4 is 40.0 Å². The van der Waals surface area contributed by atoms with Gasteiger partial charge >= 0.3 is 0 Å². The number of nitrogens with one attached hydrogen (secondary N) is 1. The molecule has 0 saturated heterocycles. The molecule has 0 aliphatic carbocycles. The van der Waals surface area contributed by atoms with Crippen LogP contribution in [-0.2, 0) is 6.54 Å². The van der Waals surface area contributed by atoms with Crippen LogP contribution in [0.4, 0.5) is 5.69 Å². The van der Waals surface area contributed by atoms with E-state index >= 15 is 0 Å². The van der Waals surface area contributed by atoms with Crippen LogP contribution in [0.15, 0.2) is 36.0 Å². The minimum absolute atomic E-state index is 0.524. The van der Waals surface area contributed by atoms with Gasteiger partial charge in [-0.3, -0.25) is 0 Å². The minimum atomic E-state index is 0.524. The Hall–Kier alpha value is -1.70. The zero-order valence-electron chi connectivity index (χ0n) is 10.1. The van der Waals surface area contributed by atoms with E-state index in [2.05, 4.69) is 20.5 Å². The van der Waals surface area contributed by atoms with Crippen LogP contribution in [0.5, 0.6) is 10.9 Å². The third-order valence-corrected chi connectivity index (χ3v) is 4.05. The molecule has 1 N–H and O–H groups in total. The summed E-state index contributed by atoms with van der Waals surface area (Å²) in [7, 11) is 0. The second kappa shape index (κ2) is 6.17. The lowest BCUT2D eigenvalue weighted by Gasteiger charge is -2.06. The molecule has 0 unspecified atom stereocenters. The van der Waals surface area contributed by atoms with Crippen molar-refractivity contribution in [1.82, 2.24) is 15.2 Å². The number of hydrogen-bond acceptors (Lipinski definition) is 7. The van der Waals surface area contributed by atoms with Crippen LogP contribution in [-0.4, -0.2) is 15.2 Å². The number of ether oxygens (including phenoxy) is 1. The van der Waals surface area contributed by atoms with Crippen LogP contribution in [0.2, 0.25) is 4.47 Å².